The van der Waals surface area contributed by atoms with Gasteiger partial charge < -0.3 is 19.7 Å². The van der Waals surface area contributed by atoms with Crippen molar-refractivity contribution in [3.05, 3.63) is 59.0 Å². The zero-order valence-electron chi connectivity index (χ0n) is 24.1. The van der Waals surface area contributed by atoms with Crippen LogP contribution in [0.4, 0.5) is 27.8 Å². The highest BCUT2D eigenvalue weighted by Gasteiger charge is 2.33. The van der Waals surface area contributed by atoms with Gasteiger partial charge in [0.05, 0.1) is 36.4 Å². The van der Waals surface area contributed by atoms with Crippen LogP contribution in [0.5, 0.6) is 5.88 Å². The number of sulfone groups is 1. The highest BCUT2D eigenvalue weighted by molar-refractivity contribution is 7.89. The first-order chi connectivity index (χ1) is 19.4. The van der Waals surface area contributed by atoms with Gasteiger partial charge in [-0.1, -0.05) is 19.1 Å². The molecule has 5 rings (SSSR count). The van der Waals surface area contributed by atoms with Crippen molar-refractivity contribution in [2.24, 2.45) is 0 Å². The number of nitrogens with zero attached hydrogens (tertiary/aromatic N) is 5. The smallest absolute Gasteiger partial charge is 0.415 e. The fraction of sp³-hybridized carbons (Fsp3) is 0.448. The molecule has 41 heavy (non-hydrogen) atoms. The lowest BCUT2D eigenvalue weighted by molar-refractivity contribution is 0.0566. The molecular weight excluding hydrogens is 544 g/mol. The van der Waals surface area contributed by atoms with Crippen LogP contribution in [0.1, 0.15) is 50.1 Å². The second kappa shape index (κ2) is 11.2. The maximum atomic E-state index is 13.1. The number of nitrogens with one attached hydrogen (secondary N) is 1. The molecule has 0 bridgehead atoms. The number of anilines is 4. The molecule has 2 aliphatic rings. The topological polar surface area (TPSA) is 127 Å². The SMILES string of the molecule is CCc1c(N2CCc3cnc(Nc4ccc(CS(C)(=O)=O)cc4)nc3C2)cnc2c1N(C(=O)OC(C)(C)C)CCO2. The highest BCUT2D eigenvalue weighted by atomic mass is 32.2. The van der Waals surface area contributed by atoms with E-state index in [1.165, 1.54) is 6.26 Å². The fourth-order valence-corrected chi connectivity index (χ4v) is 5.84. The molecule has 1 N–H and O–H groups in total. The summed E-state index contributed by atoms with van der Waals surface area (Å²) in [6, 6.07) is 7.20. The molecule has 1 aromatic carbocycles. The summed E-state index contributed by atoms with van der Waals surface area (Å²) < 4.78 is 34.7. The molecule has 4 heterocycles. The average Bonchev–Trinajstić information content (AvgIpc) is 2.91. The Hall–Kier alpha value is -3.93. The first-order valence-electron chi connectivity index (χ1n) is 13.7. The molecule has 0 spiro atoms. The van der Waals surface area contributed by atoms with Gasteiger partial charge in [-0.3, -0.25) is 4.90 Å². The van der Waals surface area contributed by atoms with Gasteiger partial charge in [-0.2, -0.15) is 0 Å². The van der Waals surface area contributed by atoms with E-state index in [0.29, 0.717) is 43.6 Å². The molecule has 0 fully saturated rings. The minimum atomic E-state index is -3.10. The lowest BCUT2D eigenvalue weighted by Gasteiger charge is -2.36. The Kier molecular flexibility index (Phi) is 7.78. The van der Waals surface area contributed by atoms with Crippen molar-refractivity contribution in [2.45, 2.75) is 58.4 Å². The van der Waals surface area contributed by atoms with E-state index in [9.17, 15) is 13.2 Å². The van der Waals surface area contributed by atoms with E-state index < -0.39 is 21.5 Å². The minimum absolute atomic E-state index is 0.00256. The predicted octanol–water partition coefficient (Wildman–Crippen LogP) is 4.42. The largest absolute Gasteiger partial charge is 0.474 e. The summed E-state index contributed by atoms with van der Waals surface area (Å²) in [6.07, 6.45) is 5.93. The molecule has 218 valence electrons. The molecule has 11 nitrogen and oxygen atoms in total. The summed E-state index contributed by atoms with van der Waals surface area (Å²) in [5.74, 6) is 0.902. The van der Waals surface area contributed by atoms with Crippen molar-refractivity contribution in [1.29, 1.82) is 0 Å². The summed E-state index contributed by atoms with van der Waals surface area (Å²) in [5, 5.41) is 3.22. The monoisotopic (exact) mass is 580 g/mol. The number of hydrogen-bond acceptors (Lipinski definition) is 10. The lowest BCUT2D eigenvalue weighted by Crippen LogP contribution is -2.42. The van der Waals surface area contributed by atoms with Gasteiger partial charge >= 0.3 is 6.09 Å². The Morgan fingerprint density at radius 3 is 2.56 bits per heavy atom. The van der Waals surface area contributed by atoms with Crippen LogP contribution in [0.2, 0.25) is 0 Å². The summed E-state index contributed by atoms with van der Waals surface area (Å²) in [6.45, 7) is 9.67. The second-order valence-electron chi connectivity index (χ2n) is 11.3. The highest BCUT2D eigenvalue weighted by Crippen LogP contribution is 2.40. The van der Waals surface area contributed by atoms with Gasteiger partial charge in [0.15, 0.2) is 9.84 Å². The number of fused-ring (bicyclic) bond motifs is 2. The molecule has 2 aromatic heterocycles. The summed E-state index contributed by atoms with van der Waals surface area (Å²) in [7, 11) is -3.10. The zero-order valence-corrected chi connectivity index (χ0v) is 24.9. The van der Waals surface area contributed by atoms with Gasteiger partial charge in [0.1, 0.15) is 17.9 Å². The van der Waals surface area contributed by atoms with Crippen LogP contribution in [0.25, 0.3) is 0 Å². The molecule has 0 unspecified atom stereocenters. The quantitative estimate of drug-likeness (QED) is 0.448. The molecule has 12 heteroatoms. The molecule has 0 saturated heterocycles. The summed E-state index contributed by atoms with van der Waals surface area (Å²) in [5.41, 5.74) is 5.44. The van der Waals surface area contributed by atoms with E-state index in [1.807, 2.05) is 45.3 Å². The number of carbonyl (C=O) groups is 1. The predicted molar refractivity (Wildman–Crippen MR) is 158 cm³/mol. The molecule has 0 aliphatic carbocycles. The number of carbonyl (C=O) groups excluding carboxylic acids is 1. The van der Waals surface area contributed by atoms with Crippen LogP contribution in [-0.2, 0) is 39.7 Å². The summed E-state index contributed by atoms with van der Waals surface area (Å²) >= 11 is 0. The van der Waals surface area contributed by atoms with Crippen LogP contribution < -0.4 is 19.9 Å². The summed E-state index contributed by atoms with van der Waals surface area (Å²) in [4.78, 5) is 30.9. The third-order valence-electron chi connectivity index (χ3n) is 6.82. The average molecular weight is 581 g/mol. The van der Waals surface area contributed by atoms with E-state index >= 15 is 0 Å². The van der Waals surface area contributed by atoms with Crippen LogP contribution in [0, 0.1) is 0 Å². The van der Waals surface area contributed by atoms with Crippen molar-refractivity contribution in [3.8, 4) is 5.88 Å². The molecule has 1 amide bonds. The van der Waals surface area contributed by atoms with Gasteiger partial charge in [0.2, 0.25) is 11.8 Å². The Morgan fingerprint density at radius 1 is 1.12 bits per heavy atom. The Balaban J connectivity index is 1.38. The Labute approximate surface area is 240 Å². The fourth-order valence-electron chi connectivity index (χ4n) is 5.04. The third kappa shape index (κ3) is 6.70. The van der Waals surface area contributed by atoms with Gasteiger partial charge in [-0.25, -0.2) is 28.2 Å². The maximum Gasteiger partial charge on any atom is 0.415 e. The number of pyridine rings is 1. The second-order valence-corrected chi connectivity index (χ2v) is 13.5. The van der Waals surface area contributed by atoms with Gasteiger partial charge in [0, 0.05) is 30.2 Å². The van der Waals surface area contributed by atoms with Crippen LogP contribution in [0.3, 0.4) is 0 Å². The van der Waals surface area contributed by atoms with E-state index in [4.69, 9.17) is 14.5 Å². The number of ether oxygens (including phenoxy) is 2. The number of rotatable bonds is 6. The standard InChI is InChI=1S/C29H36N6O5S/c1-6-22-24(16-30-26-25(22)35(13-14-39-26)28(36)40-29(2,3)4)34-12-11-20-15-31-27(33-23(20)17-34)32-21-9-7-19(8-10-21)18-41(5,37)38/h7-10,15-16H,6,11-14,17-18H2,1-5H3,(H,31,32,33). The zero-order chi connectivity index (χ0) is 29.4. The minimum Gasteiger partial charge on any atom is -0.474 e. The van der Waals surface area contributed by atoms with Crippen molar-refractivity contribution in [2.75, 3.05) is 41.1 Å². The van der Waals surface area contributed by atoms with Crippen LogP contribution >= 0.6 is 0 Å². The lowest BCUT2D eigenvalue weighted by atomic mass is 10.0. The number of aromatic nitrogens is 3. The van der Waals surface area contributed by atoms with Crippen LogP contribution in [-0.4, -0.2) is 61.0 Å². The first-order valence-corrected chi connectivity index (χ1v) is 15.7. The third-order valence-corrected chi connectivity index (χ3v) is 7.68. The Morgan fingerprint density at radius 2 is 1.88 bits per heavy atom. The number of benzene rings is 1. The number of hydrogen-bond donors (Lipinski definition) is 1. The maximum absolute atomic E-state index is 13.1. The van der Waals surface area contributed by atoms with E-state index in [2.05, 4.69) is 27.1 Å². The van der Waals surface area contributed by atoms with Crippen LogP contribution in [0.15, 0.2) is 36.7 Å². The number of amides is 1. The van der Waals surface area contributed by atoms with E-state index in [-0.39, 0.29) is 5.75 Å². The normalized spacial score (nSPS) is 15.0. The molecule has 0 saturated carbocycles. The molecule has 3 aromatic rings. The molecular formula is C29H36N6O5S. The van der Waals surface area contributed by atoms with Crippen molar-refractivity contribution in [3.63, 3.8) is 0 Å². The van der Waals surface area contributed by atoms with E-state index in [1.54, 1.807) is 17.0 Å². The van der Waals surface area contributed by atoms with Crippen molar-refractivity contribution in [1.82, 2.24) is 15.0 Å². The molecule has 0 radical (unpaired) electrons. The van der Waals surface area contributed by atoms with Gasteiger partial charge in [0.25, 0.3) is 0 Å². The molecule has 0 atom stereocenters. The van der Waals surface area contributed by atoms with Crippen molar-refractivity contribution < 1.29 is 22.7 Å². The first kappa shape index (κ1) is 28.6. The van der Waals surface area contributed by atoms with Crippen molar-refractivity contribution >= 4 is 38.9 Å². The van der Waals surface area contributed by atoms with E-state index in [0.717, 1.165) is 46.7 Å². The Bertz CT molecular complexity index is 1550. The molecule has 2 aliphatic heterocycles. The van der Waals surface area contributed by atoms with Gasteiger partial charge in [-0.05, 0) is 56.9 Å². The van der Waals surface area contributed by atoms with Gasteiger partial charge in [-0.15, -0.1) is 0 Å².